The summed E-state index contributed by atoms with van der Waals surface area (Å²) < 4.78 is 55.3. The summed E-state index contributed by atoms with van der Waals surface area (Å²) in [6.45, 7) is 3.58. The number of anilines is 3. The zero-order chi connectivity index (χ0) is 29.6. The highest BCUT2D eigenvalue weighted by molar-refractivity contribution is 6.55. The van der Waals surface area contributed by atoms with Gasteiger partial charge in [-0.25, -0.2) is 9.18 Å². The number of carbonyl (C=O) groups excluding carboxylic acids is 1. The molecule has 1 aliphatic rings. The molecule has 41 heavy (non-hydrogen) atoms. The number of carboxylic acids is 1. The largest absolute Gasteiger partial charge is 0.505 e. The van der Waals surface area contributed by atoms with Crippen molar-refractivity contribution in [2.24, 2.45) is 5.10 Å². The number of hydrazone groups is 1. The maximum absolute atomic E-state index is 14.6. The van der Waals surface area contributed by atoms with Gasteiger partial charge in [-0.2, -0.15) is 18.3 Å². The van der Waals surface area contributed by atoms with Crippen molar-refractivity contribution in [1.29, 1.82) is 0 Å². The minimum absolute atomic E-state index is 0.0370. The van der Waals surface area contributed by atoms with Gasteiger partial charge in [0.25, 0.3) is 5.91 Å². The number of rotatable bonds is 5. The number of amides is 1. The predicted molar refractivity (Wildman–Crippen MR) is 145 cm³/mol. The fraction of sp³-hybridized carbons (Fsp3) is 0.100. The molecule has 0 saturated heterocycles. The summed E-state index contributed by atoms with van der Waals surface area (Å²) in [5.41, 5.74) is 3.06. The molecule has 5 rings (SSSR count). The number of nitrogens with zero attached hydrogens (tertiary/aromatic N) is 2. The van der Waals surface area contributed by atoms with E-state index >= 15 is 0 Å². The van der Waals surface area contributed by atoms with Crippen molar-refractivity contribution >= 4 is 34.7 Å². The number of alkyl halides is 3. The molecule has 0 aliphatic carbocycles. The van der Waals surface area contributed by atoms with Crippen molar-refractivity contribution < 1.29 is 37.4 Å². The van der Waals surface area contributed by atoms with Gasteiger partial charge in [-0.3, -0.25) is 15.1 Å². The Balaban J connectivity index is 1.60. The van der Waals surface area contributed by atoms with E-state index in [-0.39, 0.29) is 39.3 Å². The van der Waals surface area contributed by atoms with Gasteiger partial charge in [-0.15, -0.1) is 0 Å². The summed E-state index contributed by atoms with van der Waals surface area (Å²) in [7, 11) is 0. The zero-order valence-electron chi connectivity index (χ0n) is 21.5. The molecule has 0 fully saturated rings. The monoisotopic (exact) mass is 563 g/mol. The maximum atomic E-state index is 14.6. The molecule has 7 nitrogen and oxygen atoms in total. The highest BCUT2D eigenvalue weighted by Gasteiger charge is 2.39. The Morgan fingerprint density at radius 2 is 1.63 bits per heavy atom. The number of benzene rings is 4. The molecular formula is C30H21F4N3O4. The number of carbonyl (C=O) groups is 2. The van der Waals surface area contributed by atoms with E-state index in [0.717, 1.165) is 46.4 Å². The van der Waals surface area contributed by atoms with Gasteiger partial charge < -0.3 is 10.2 Å². The molecule has 1 aliphatic heterocycles. The van der Waals surface area contributed by atoms with Crippen molar-refractivity contribution in [3.63, 3.8) is 0 Å². The SMILES string of the molecule is Cc1cc(C)cc(N2C(=O)C(=NNc3cc(F)cc(-c4cccc(C(=O)O)c4)c3O)c3ccc(C(F)(F)F)cc32)c1. The quantitative estimate of drug-likeness (QED) is 0.138. The summed E-state index contributed by atoms with van der Waals surface area (Å²) in [4.78, 5) is 26.1. The van der Waals surface area contributed by atoms with Crippen LogP contribution in [0.25, 0.3) is 11.1 Å². The lowest BCUT2D eigenvalue weighted by Crippen LogP contribution is -2.26. The summed E-state index contributed by atoms with van der Waals surface area (Å²) in [6.07, 6.45) is -4.66. The predicted octanol–water partition coefficient (Wildman–Crippen LogP) is 7.03. The molecule has 1 heterocycles. The average Bonchev–Trinajstić information content (AvgIpc) is 3.18. The van der Waals surface area contributed by atoms with Crippen molar-refractivity contribution in [3.8, 4) is 16.9 Å². The Morgan fingerprint density at radius 1 is 0.927 bits per heavy atom. The van der Waals surface area contributed by atoms with E-state index in [4.69, 9.17) is 0 Å². The van der Waals surface area contributed by atoms with Gasteiger partial charge in [0.2, 0.25) is 0 Å². The van der Waals surface area contributed by atoms with E-state index in [2.05, 4.69) is 10.5 Å². The van der Waals surface area contributed by atoms with Gasteiger partial charge in [-0.05, 0) is 79.1 Å². The summed E-state index contributed by atoms with van der Waals surface area (Å²) >= 11 is 0. The van der Waals surface area contributed by atoms with Gasteiger partial charge in [0.05, 0.1) is 16.8 Å². The lowest BCUT2D eigenvalue weighted by atomic mass is 10.0. The number of fused-ring (bicyclic) bond motifs is 1. The van der Waals surface area contributed by atoms with Gasteiger partial charge in [0.1, 0.15) is 17.3 Å². The van der Waals surface area contributed by atoms with E-state index in [9.17, 15) is 37.4 Å². The number of aromatic carboxylic acids is 1. The van der Waals surface area contributed by atoms with Gasteiger partial charge in [0, 0.05) is 22.9 Å². The molecule has 0 bridgehead atoms. The number of carboxylic acid groups (broad SMARTS) is 1. The third-order valence-electron chi connectivity index (χ3n) is 6.47. The van der Waals surface area contributed by atoms with Crippen LogP contribution < -0.4 is 10.3 Å². The minimum atomic E-state index is -4.66. The molecule has 0 radical (unpaired) electrons. The van der Waals surface area contributed by atoms with Gasteiger partial charge in [-0.1, -0.05) is 18.2 Å². The van der Waals surface area contributed by atoms with Crippen molar-refractivity contribution in [2.75, 3.05) is 10.3 Å². The molecule has 4 aromatic rings. The number of aryl methyl sites for hydroxylation is 2. The number of hydrogen-bond acceptors (Lipinski definition) is 5. The Morgan fingerprint density at radius 3 is 2.29 bits per heavy atom. The van der Waals surface area contributed by atoms with Crippen LogP contribution in [-0.4, -0.2) is 27.8 Å². The fourth-order valence-corrected chi connectivity index (χ4v) is 4.71. The molecule has 4 aromatic carbocycles. The average molecular weight is 564 g/mol. The zero-order valence-corrected chi connectivity index (χ0v) is 21.5. The third kappa shape index (κ3) is 5.21. The van der Waals surface area contributed by atoms with Crippen LogP contribution in [0.3, 0.4) is 0 Å². The summed E-state index contributed by atoms with van der Waals surface area (Å²) in [5.74, 6) is -3.23. The Labute approximate surface area is 231 Å². The Kier molecular flexibility index (Phi) is 6.74. The molecular weight excluding hydrogens is 542 g/mol. The van der Waals surface area contributed by atoms with Crippen LogP contribution in [-0.2, 0) is 11.0 Å². The number of aromatic hydroxyl groups is 1. The van der Waals surface area contributed by atoms with Crippen molar-refractivity contribution in [2.45, 2.75) is 20.0 Å². The van der Waals surface area contributed by atoms with Crippen LogP contribution in [0.4, 0.5) is 34.6 Å². The Bertz CT molecular complexity index is 1750. The van der Waals surface area contributed by atoms with Crippen molar-refractivity contribution in [3.05, 3.63) is 106 Å². The van der Waals surface area contributed by atoms with Crippen LogP contribution in [0.1, 0.15) is 32.6 Å². The standard InChI is InChI=1S/C30H21F4N3O4/c1-15-8-16(2)10-21(9-15)37-25-12-19(30(32,33)34)6-7-22(25)26(28(37)39)36-35-24-14-20(31)13-23(27(24)38)17-4-3-5-18(11-17)29(40)41/h3-14,35,38H,1-2H3,(H,40,41). The highest BCUT2D eigenvalue weighted by Crippen LogP contribution is 2.41. The number of phenols is 1. The van der Waals surface area contributed by atoms with Crippen molar-refractivity contribution in [1.82, 2.24) is 0 Å². The number of phenolic OH excluding ortho intramolecular Hbond substituents is 1. The molecule has 0 unspecified atom stereocenters. The molecule has 3 N–H and O–H groups in total. The van der Waals surface area contributed by atoms with Crippen LogP contribution in [0, 0.1) is 19.7 Å². The first kappa shape index (κ1) is 27.4. The number of hydrogen-bond donors (Lipinski definition) is 3. The van der Waals surface area contributed by atoms with E-state index in [1.54, 1.807) is 26.0 Å². The number of nitrogens with one attached hydrogen (secondary N) is 1. The second-order valence-corrected chi connectivity index (χ2v) is 9.52. The first-order chi connectivity index (χ1) is 19.3. The topological polar surface area (TPSA) is 102 Å². The molecule has 0 aromatic heterocycles. The van der Waals surface area contributed by atoms with E-state index in [1.807, 2.05) is 6.07 Å². The second-order valence-electron chi connectivity index (χ2n) is 9.52. The molecule has 208 valence electrons. The Hall–Kier alpha value is -5.19. The third-order valence-corrected chi connectivity index (χ3v) is 6.47. The maximum Gasteiger partial charge on any atom is 0.416 e. The molecule has 11 heteroatoms. The normalized spacial score (nSPS) is 14.0. The second kappa shape index (κ2) is 10.1. The van der Waals surface area contributed by atoms with E-state index in [0.29, 0.717) is 5.69 Å². The molecule has 0 spiro atoms. The van der Waals surface area contributed by atoms with E-state index in [1.165, 1.54) is 24.3 Å². The van der Waals surface area contributed by atoms with Crippen LogP contribution in [0.2, 0.25) is 0 Å². The summed E-state index contributed by atoms with van der Waals surface area (Å²) in [5, 5.41) is 24.2. The van der Waals surface area contributed by atoms with Crippen LogP contribution >= 0.6 is 0 Å². The lowest BCUT2D eigenvalue weighted by Gasteiger charge is -2.19. The number of halogens is 4. The fourth-order valence-electron chi connectivity index (χ4n) is 4.71. The van der Waals surface area contributed by atoms with Gasteiger partial charge >= 0.3 is 12.1 Å². The first-order valence-corrected chi connectivity index (χ1v) is 12.2. The van der Waals surface area contributed by atoms with Gasteiger partial charge in [0.15, 0.2) is 5.71 Å². The first-order valence-electron chi connectivity index (χ1n) is 12.2. The lowest BCUT2D eigenvalue weighted by molar-refractivity contribution is -0.137. The minimum Gasteiger partial charge on any atom is -0.505 e. The van der Waals surface area contributed by atoms with Crippen LogP contribution in [0.5, 0.6) is 5.75 Å². The summed E-state index contributed by atoms with van der Waals surface area (Å²) in [6, 6.07) is 15.4. The molecule has 0 atom stereocenters. The smallest absolute Gasteiger partial charge is 0.416 e. The van der Waals surface area contributed by atoms with E-state index < -0.39 is 35.2 Å². The molecule has 0 saturated carbocycles. The highest BCUT2D eigenvalue weighted by atomic mass is 19.4. The molecule has 1 amide bonds. The van der Waals surface area contributed by atoms with Crippen LogP contribution in [0.15, 0.2) is 77.9 Å².